The van der Waals surface area contributed by atoms with E-state index in [4.69, 9.17) is 4.74 Å². The van der Waals surface area contributed by atoms with Crippen LogP contribution in [0.15, 0.2) is 18.2 Å². The molecule has 1 N–H and O–H groups in total. The highest BCUT2D eigenvalue weighted by atomic mass is 16.5. The fourth-order valence-electron chi connectivity index (χ4n) is 2.40. The van der Waals surface area contributed by atoms with Gasteiger partial charge in [0.2, 0.25) is 5.91 Å². The Kier molecular flexibility index (Phi) is 4.43. The lowest BCUT2D eigenvalue weighted by Gasteiger charge is -2.23. The predicted molar refractivity (Wildman–Crippen MR) is 73.1 cm³/mol. The smallest absolute Gasteiger partial charge is 0.225 e. The minimum Gasteiger partial charge on any atom is -0.493 e. The molecule has 0 spiro atoms. The van der Waals surface area contributed by atoms with Crippen molar-refractivity contribution in [2.75, 3.05) is 20.7 Å². The molecule has 0 bridgehead atoms. The molecule has 1 aromatic carbocycles. The van der Waals surface area contributed by atoms with E-state index in [0.29, 0.717) is 13.0 Å². The molecular weight excluding hydrogens is 242 g/mol. The summed E-state index contributed by atoms with van der Waals surface area (Å²) in [5.41, 5.74) is 2.07. The van der Waals surface area contributed by atoms with E-state index < -0.39 is 0 Å². The van der Waals surface area contributed by atoms with Gasteiger partial charge in [0.25, 0.3) is 0 Å². The minimum atomic E-state index is -0.379. The van der Waals surface area contributed by atoms with Crippen molar-refractivity contribution in [1.29, 1.82) is 0 Å². The summed E-state index contributed by atoms with van der Waals surface area (Å²) in [6, 6.07) is 5.77. The van der Waals surface area contributed by atoms with Gasteiger partial charge >= 0.3 is 0 Å². The van der Waals surface area contributed by atoms with E-state index in [9.17, 15) is 9.90 Å². The predicted octanol–water partition coefficient (Wildman–Crippen LogP) is 1.91. The summed E-state index contributed by atoms with van der Waals surface area (Å²) >= 11 is 0. The Balaban J connectivity index is 2.01. The van der Waals surface area contributed by atoms with Gasteiger partial charge in [0.15, 0.2) is 0 Å². The molecule has 0 aliphatic heterocycles. The van der Waals surface area contributed by atoms with Crippen LogP contribution in [0.4, 0.5) is 0 Å². The van der Waals surface area contributed by atoms with E-state index in [-0.39, 0.29) is 12.0 Å². The number of aliphatic hydroxyl groups is 1. The molecule has 104 valence electrons. The van der Waals surface area contributed by atoms with Gasteiger partial charge in [-0.1, -0.05) is 12.1 Å². The van der Waals surface area contributed by atoms with Gasteiger partial charge in [0.1, 0.15) is 5.75 Å². The van der Waals surface area contributed by atoms with Crippen molar-refractivity contribution in [3.63, 3.8) is 0 Å². The summed E-state index contributed by atoms with van der Waals surface area (Å²) < 4.78 is 5.71. The second-order valence-corrected chi connectivity index (χ2v) is 5.12. The number of benzene rings is 1. The summed E-state index contributed by atoms with van der Waals surface area (Å²) in [6.07, 6.45) is 2.72. The number of nitrogens with zero attached hydrogens (tertiary/aromatic N) is 1. The third kappa shape index (κ3) is 3.26. The molecule has 4 heteroatoms. The van der Waals surface area contributed by atoms with Crippen molar-refractivity contribution >= 4 is 5.91 Å². The van der Waals surface area contributed by atoms with Crippen molar-refractivity contribution in [3.05, 3.63) is 29.3 Å². The van der Waals surface area contributed by atoms with Crippen LogP contribution in [0.1, 0.15) is 36.5 Å². The van der Waals surface area contributed by atoms with Crippen LogP contribution in [0.5, 0.6) is 5.75 Å². The van der Waals surface area contributed by atoms with E-state index in [1.54, 1.807) is 19.0 Å². The van der Waals surface area contributed by atoms with Gasteiger partial charge in [0, 0.05) is 14.1 Å². The number of ether oxygens (including phenoxy) is 1. The van der Waals surface area contributed by atoms with Crippen molar-refractivity contribution < 1.29 is 14.6 Å². The number of hydrogen-bond donors (Lipinski definition) is 1. The molecule has 0 saturated carbocycles. The fourth-order valence-corrected chi connectivity index (χ4v) is 2.40. The zero-order valence-corrected chi connectivity index (χ0v) is 11.6. The molecule has 0 heterocycles. The first-order valence-electron chi connectivity index (χ1n) is 6.72. The fraction of sp³-hybridized carbons (Fsp3) is 0.533. The molecule has 19 heavy (non-hydrogen) atoms. The molecule has 1 atom stereocenters. The number of rotatable bonds is 4. The zero-order chi connectivity index (χ0) is 13.8. The third-order valence-corrected chi connectivity index (χ3v) is 3.50. The van der Waals surface area contributed by atoms with E-state index in [0.717, 1.165) is 36.1 Å². The first kappa shape index (κ1) is 13.9. The number of aliphatic hydroxyl groups excluding tert-OH is 1. The molecule has 4 nitrogen and oxygen atoms in total. The van der Waals surface area contributed by atoms with Gasteiger partial charge in [-0.15, -0.1) is 0 Å². The lowest BCUT2D eigenvalue weighted by molar-refractivity contribution is -0.129. The highest BCUT2D eigenvalue weighted by Gasteiger charge is 2.20. The molecule has 0 radical (unpaired) electrons. The largest absolute Gasteiger partial charge is 0.493 e. The molecule has 1 aliphatic rings. The first-order chi connectivity index (χ1) is 9.09. The molecule has 2 rings (SSSR count). The zero-order valence-electron chi connectivity index (χ0n) is 11.6. The Hall–Kier alpha value is -1.55. The van der Waals surface area contributed by atoms with Crippen molar-refractivity contribution in [1.82, 2.24) is 4.90 Å². The lowest BCUT2D eigenvalue weighted by Crippen LogP contribution is -2.23. The second-order valence-electron chi connectivity index (χ2n) is 5.12. The van der Waals surface area contributed by atoms with E-state index in [1.807, 2.05) is 18.2 Å². The first-order valence-corrected chi connectivity index (χ1v) is 6.72. The maximum Gasteiger partial charge on any atom is 0.225 e. The normalized spacial score (nSPS) is 17.7. The van der Waals surface area contributed by atoms with Crippen molar-refractivity contribution in [2.24, 2.45) is 0 Å². The number of carbonyl (C=O) groups excluding carboxylic acids is 1. The highest BCUT2D eigenvalue weighted by Crippen LogP contribution is 2.35. The van der Waals surface area contributed by atoms with Gasteiger partial charge in [-0.3, -0.25) is 4.79 Å². The number of fused-ring (bicyclic) bond motifs is 1. The lowest BCUT2D eigenvalue weighted by atomic mass is 9.89. The number of amides is 1. The summed E-state index contributed by atoms with van der Waals surface area (Å²) in [5, 5.41) is 9.96. The molecule has 1 unspecified atom stereocenters. The van der Waals surface area contributed by atoms with Gasteiger partial charge in [-0.05, 0) is 36.5 Å². The van der Waals surface area contributed by atoms with Gasteiger partial charge in [-0.2, -0.15) is 0 Å². The Bertz CT molecular complexity index is 457. The SMILES string of the molecule is CN(C)C(=O)CCOc1cccc2c1CCCC2O. The monoisotopic (exact) mass is 263 g/mol. The summed E-state index contributed by atoms with van der Waals surface area (Å²) in [4.78, 5) is 13.0. The van der Waals surface area contributed by atoms with Gasteiger partial charge < -0.3 is 14.7 Å². The number of carbonyl (C=O) groups is 1. The molecule has 0 aromatic heterocycles. The molecule has 1 amide bonds. The van der Waals surface area contributed by atoms with E-state index in [2.05, 4.69) is 0 Å². The molecule has 0 saturated heterocycles. The molecule has 1 aliphatic carbocycles. The van der Waals surface area contributed by atoms with Gasteiger partial charge in [0.05, 0.1) is 19.1 Å². The Morgan fingerprint density at radius 2 is 2.26 bits per heavy atom. The van der Waals surface area contributed by atoms with Crippen LogP contribution in [0, 0.1) is 0 Å². The molecule has 0 fully saturated rings. The Morgan fingerprint density at radius 1 is 1.47 bits per heavy atom. The van der Waals surface area contributed by atoms with Crippen LogP contribution in [-0.4, -0.2) is 36.6 Å². The second kappa shape index (κ2) is 6.06. The van der Waals surface area contributed by atoms with Crippen LogP contribution in [-0.2, 0) is 11.2 Å². The summed E-state index contributed by atoms with van der Waals surface area (Å²) in [7, 11) is 3.48. The van der Waals surface area contributed by atoms with Crippen molar-refractivity contribution in [2.45, 2.75) is 31.8 Å². The van der Waals surface area contributed by atoms with E-state index >= 15 is 0 Å². The maximum atomic E-state index is 11.5. The van der Waals surface area contributed by atoms with Crippen molar-refractivity contribution in [3.8, 4) is 5.75 Å². The standard InChI is InChI=1S/C15H21NO3/c1-16(2)15(18)9-10-19-14-8-4-5-11-12(14)6-3-7-13(11)17/h4-5,8,13,17H,3,6-7,9-10H2,1-2H3. The van der Waals surface area contributed by atoms with Gasteiger partial charge in [-0.25, -0.2) is 0 Å². The average molecular weight is 263 g/mol. The average Bonchev–Trinajstić information content (AvgIpc) is 2.39. The van der Waals surface area contributed by atoms with Crippen LogP contribution in [0.2, 0.25) is 0 Å². The minimum absolute atomic E-state index is 0.0600. The Labute approximate surface area is 114 Å². The van der Waals surface area contributed by atoms with Crippen LogP contribution >= 0.6 is 0 Å². The topological polar surface area (TPSA) is 49.8 Å². The summed E-state index contributed by atoms with van der Waals surface area (Å²) in [6.45, 7) is 0.379. The van der Waals surface area contributed by atoms with Crippen LogP contribution in [0.25, 0.3) is 0 Å². The van der Waals surface area contributed by atoms with E-state index in [1.165, 1.54) is 0 Å². The molecule has 1 aromatic rings. The number of hydrogen-bond acceptors (Lipinski definition) is 3. The highest BCUT2D eigenvalue weighted by molar-refractivity contribution is 5.75. The van der Waals surface area contributed by atoms with Crippen LogP contribution in [0.3, 0.4) is 0 Å². The Morgan fingerprint density at radius 3 is 3.00 bits per heavy atom. The van der Waals surface area contributed by atoms with Crippen LogP contribution < -0.4 is 4.74 Å². The third-order valence-electron chi connectivity index (χ3n) is 3.50. The maximum absolute atomic E-state index is 11.5. The quantitative estimate of drug-likeness (QED) is 0.902. The summed E-state index contributed by atoms with van der Waals surface area (Å²) in [5.74, 6) is 0.868. The molecular formula is C15H21NO3.